The van der Waals surface area contributed by atoms with Gasteiger partial charge in [-0.15, -0.1) is 0 Å². The van der Waals surface area contributed by atoms with Crippen molar-refractivity contribution in [3.05, 3.63) is 28.2 Å². The summed E-state index contributed by atoms with van der Waals surface area (Å²) < 4.78 is 26.9. The fourth-order valence-corrected chi connectivity index (χ4v) is 3.69. The van der Waals surface area contributed by atoms with E-state index in [0.717, 1.165) is 0 Å². The minimum atomic E-state index is -3.62. The molecule has 18 heavy (non-hydrogen) atoms. The molecule has 0 saturated carbocycles. The Morgan fingerprint density at radius 3 is 2.44 bits per heavy atom. The molecule has 0 spiro atoms. The average Bonchev–Trinajstić information content (AvgIpc) is 2.31. The van der Waals surface area contributed by atoms with E-state index in [1.807, 2.05) is 0 Å². The third-order valence-corrected chi connectivity index (χ3v) is 5.73. The molecule has 0 atom stereocenters. The van der Waals surface area contributed by atoms with E-state index < -0.39 is 15.6 Å². The molecule has 0 aliphatic carbocycles. The molecule has 0 amide bonds. The summed E-state index contributed by atoms with van der Waals surface area (Å²) in [5.41, 5.74) is -0.160. The van der Waals surface area contributed by atoms with Gasteiger partial charge >= 0.3 is 0 Å². The zero-order chi connectivity index (χ0) is 14.1. The lowest BCUT2D eigenvalue weighted by atomic mass is 10.1. The van der Waals surface area contributed by atoms with Crippen molar-refractivity contribution in [3.63, 3.8) is 0 Å². The highest BCUT2D eigenvalue weighted by atomic mass is 79.9. The number of rotatable bonds is 4. The summed E-state index contributed by atoms with van der Waals surface area (Å²) in [6.45, 7) is 4.87. The lowest BCUT2D eigenvalue weighted by Gasteiger charge is -2.33. The Kier molecular flexibility index (Phi) is 4.59. The second-order valence-electron chi connectivity index (χ2n) is 4.85. The van der Waals surface area contributed by atoms with Crippen LogP contribution in [0.4, 0.5) is 0 Å². The quantitative estimate of drug-likeness (QED) is 0.917. The summed E-state index contributed by atoms with van der Waals surface area (Å²) in [7, 11) is -2.14. The number of aliphatic hydroxyl groups is 1. The topological polar surface area (TPSA) is 57.6 Å². The van der Waals surface area contributed by atoms with Crippen molar-refractivity contribution in [3.8, 4) is 0 Å². The largest absolute Gasteiger partial charge is 0.394 e. The molecule has 0 aliphatic rings. The molecule has 0 bridgehead atoms. The summed E-state index contributed by atoms with van der Waals surface area (Å²) in [6, 6.07) is 5.12. The lowest BCUT2D eigenvalue weighted by Crippen LogP contribution is -2.47. The maximum absolute atomic E-state index is 12.5. The first kappa shape index (κ1) is 15.6. The molecule has 4 nitrogen and oxygen atoms in total. The monoisotopic (exact) mass is 335 g/mol. The number of hydrogen-bond donors (Lipinski definition) is 1. The van der Waals surface area contributed by atoms with Gasteiger partial charge in [-0.3, -0.25) is 0 Å². The Labute approximate surface area is 117 Å². The molecule has 0 fully saturated rings. The SMILES string of the molecule is Cc1ccc(Br)cc1S(=O)(=O)N(C)C(C)(C)CO. The zero-order valence-electron chi connectivity index (χ0n) is 10.9. The molecule has 6 heteroatoms. The van der Waals surface area contributed by atoms with Crippen molar-refractivity contribution >= 4 is 26.0 Å². The van der Waals surface area contributed by atoms with E-state index >= 15 is 0 Å². The highest BCUT2D eigenvalue weighted by Crippen LogP contribution is 2.27. The van der Waals surface area contributed by atoms with Gasteiger partial charge in [0.05, 0.1) is 17.0 Å². The summed E-state index contributed by atoms with van der Waals surface area (Å²) in [4.78, 5) is 0.251. The van der Waals surface area contributed by atoms with Crippen molar-refractivity contribution in [1.29, 1.82) is 0 Å². The van der Waals surface area contributed by atoms with Crippen LogP contribution in [0.1, 0.15) is 19.4 Å². The molecule has 1 rings (SSSR count). The van der Waals surface area contributed by atoms with Crippen molar-refractivity contribution in [2.45, 2.75) is 31.2 Å². The molecule has 0 aromatic heterocycles. The summed E-state index contributed by atoms with van der Waals surface area (Å²) in [5, 5.41) is 9.28. The summed E-state index contributed by atoms with van der Waals surface area (Å²) in [5.74, 6) is 0. The second kappa shape index (κ2) is 5.28. The van der Waals surface area contributed by atoms with E-state index in [1.54, 1.807) is 39.0 Å². The maximum Gasteiger partial charge on any atom is 0.243 e. The van der Waals surface area contributed by atoms with Gasteiger partial charge < -0.3 is 5.11 Å². The van der Waals surface area contributed by atoms with E-state index in [0.29, 0.717) is 10.0 Å². The van der Waals surface area contributed by atoms with Crippen LogP contribution in [0.25, 0.3) is 0 Å². The van der Waals surface area contributed by atoms with Crippen LogP contribution < -0.4 is 0 Å². The van der Waals surface area contributed by atoms with Gasteiger partial charge in [0, 0.05) is 11.5 Å². The summed E-state index contributed by atoms with van der Waals surface area (Å²) in [6.07, 6.45) is 0. The second-order valence-corrected chi connectivity index (χ2v) is 7.71. The van der Waals surface area contributed by atoms with Gasteiger partial charge in [-0.25, -0.2) is 8.42 Å². The van der Waals surface area contributed by atoms with Crippen LogP contribution in [0, 0.1) is 6.92 Å². The van der Waals surface area contributed by atoms with Crippen LogP contribution in [0.5, 0.6) is 0 Å². The number of halogens is 1. The van der Waals surface area contributed by atoms with E-state index in [9.17, 15) is 13.5 Å². The van der Waals surface area contributed by atoms with Gasteiger partial charge in [-0.2, -0.15) is 4.31 Å². The van der Waals surface area contributed by atoms with Gasteiger partial charge in [-0.1, -0.05) is 22.0 Å². The number of benzene rings is 1. The van der Waals surface area contributed by atoms with Gasteiger partial charge in [0.25, 0.3) is 0 Å². The number of hydrogen-bond acceptors (Lipinski definition) is 3. The normalized spacial score (nSPS) is 13.1. The number of nitrogens with zero attached hydrogens (tertiary/aromatic N) is 1. The molecular formula is C12H18BrNO3S. The minimum Gasteiger partial charge on any atom is -0.394 e. The fraction of sp³-hybridized carbons (Fsp3) is 0.500. The van der Waals surface area contributed by atoms with E-state index in [-0.39, 0.29) is 11.5 Å². The van der Waals surface area contributed by atoms with Crippen molar-refractivity contribution in [1.82, 2.24) is 4.31 Å². The average molecular weight is 336 g/mol. The molecule has 1 aromatic rings. The molecule has 0 saturated heterocycles. The molecule has 1 N–H and O–H groups in total. The fourth-order valence-electron chi connectivity index (χ4n) is 1.42. The highest BCUT2D eigenvalue weighted by Gasteiger charge is 2.34. The van der Waals surface area contributed by atoms with Crippen LogP contribution in [0.3, 0.4) is 0 Å². The molecular weight excluding hydrogens is 318 g/mol. The van der Waals surface area contributed by atoms with Crippen LogP contribution in [0.15, 0.2) is 27.6 Å². The molecule has 0 unspecified atom stereocenters. The Bertz CT molecular complexity index is 540. The van der Waals surface area contributed by atoms with Crippen molar-refractivity contribution < 1.29 is 13.5 Å². The Morgan fingerprint density at radius 2 is 1.94 bits per heavy atom. The van der Waals surface area contributed by atoms with Gasteiger partial charge in [0.15, 0.2) is 0 Å². The summed E-state index contributed by atoms with van der Waals surface area (Å²) >= 11 is 3.27. The number of aliphatic hydroxyl groups excluding tert-OH is 1. The predicted octanol–water partition coefficient (Wildman–Crippen LogP) is 2.15. The first-order valence-corrected chi connectivity index (χ1v) is 7.72. The van der Waals surface area contributed by atoms with Gasteiger partial charge in [-0.05, 0) is 38.5 Å². The number of likely N-dealkylation sites (N-methyl/N-ethyl adjacent to an activating group) is 1. The highest BCUT2D eigenvalue weighted by molar-refractivity contribution is 9.10. The number of sulfonamides is 1. The van der Waals surface area contributed by atoms with Crippen molar-refractivity contribution in [2.75, 3.05) is 13.7 Å². The molecule has 0 heterocycles. The smallest absolute Gasteiger partial charge is 0.243 e. The van der Waals surface area contributed by atoms with E-state index in [4.69, 9.17) is 0 Å². The third kappa shape index (κ3) is 2.93. The third-order valence-electron chi connectivity index (χ3n) is 3.03. The molecule has 1 aromatic carbocycles. The number of aryl methyl sites for hydroxylation is 1. The standard InChI is InChI=1S/C12H18BrNO3S/c1-9-5-6-10(13)7-11(9)18(16,17)14(4)12(2,3)8-15/h5-7,15H,8H2,1-4H3. The van der Waals surface area contributed by atoms with E-state index in [1.165, 1.54) is 11.4 Å². The molecule has 102 valence electrons. The van der Waals surface area contributed by atoms with Crippen LogP contribution >= 0.6 is 15.9 Å². The Balaban J connectivity index is 3.34. The molecule has 0 aliphatic heterocycles. The zero-order valence-corrected chi connectivity index (χ0v) is 13.3. The van der Waals surface area contributed by atoms with Gasteiger partial charge in [0.1, 0.15) is 0 Å². The Hall–Kier alpha value is -0.430. The first-order valence-electron chi connectivity index (χ1n) is 5.49. The molecule has 0 radical (unpaired) electrons. The minimum absolute atomic E-state index is 0.240. The van der Waals surface area contributed by atoms with Crippen molar-refractivity contribution in [2.24, 2.45) is 0 Å². The lowest BCUT2D eigenvalue weighted by molar-refractivity contribution is 0.138. The Morgan fingerprint density at radius 1 is 1.39 bits per heavy atom. The predicted molar refractivity (Wildman–Crippen MR) is 75.0 cm³/mol. The van der Waals surface area contributed by atoms with Crippen LogP contribution in [-0.2, 0) is 10.0 Å². The van der Waals surface area contributed by atoms with E-state index in [2.05, 4.69) is 15.9 Å². The first-order chi connectivity index (χ1) is 8.13. The van der Waals surface area contributed by atoms with Crippen LogP contribution in [-0.4, -0.2) is 37.0 Å². The maximum atomic E-state index is 12.5. The van der Waals surface area contributed by atoms with Crippen LogP contribution in [0.2, 0.25) is 0 Å². The van der Waals surface area contributed by atoms with Gasteiger partial charge in [0.2, 0.25) is 10.0 Å².